The minimum absolute atomic E-state index is 0.758. The third-order valence-corrected chi connectivity index (χ3v) is 8.92. The highest BCUT2D eigenvalue weighted by Crippen LogP contribution is 2.37. The van der Waals surface area contributed by atoms with E-state index in [0.717, 1.165) is 77.7 Å². The van der Waals surface area contributed by atoms with Crippen molar-refractivity contribution in [1.29, 1.82) is 0 Å². The van der Waals surface area contributed by atoms with Crippen LogP contribution in [0.1, 0.15) is 0 Å². The van der Waals surface area contributed by atoms with Crippen LogP contribution in [0.25, 0.3) is 76.9 Å². The van der Waals surface area contributed by atoms with Gasteiger partial charge >= 0.3 is 0 Å². The molecule has 5 nitrogen and oxygen atoms in total. The molecule has 0 saturated heterocycles. The second kappa shape index (κ2) is 9.15. The van der Waals surface area contributed by atoms with Gasteiger partial charge in [0.2, 0.25) is 0 Å². The average Bonchev–Trinajstić information content (AvgIpc) is 3.73. The standard InChI is InChI=1S/C40H24N4O/c1-2-10-25(11-3-1)35-24-43-36-15-7-4-12-30(36)28-20-18-26(22-32(28)39(43)42-35)45-27-19-21-29-31-13-5-8-16-37(31)44-38-17-9-6-14-34(38)41-40(44)33(29)23-27/h1-24H. The molecule has 210 valence electrons. The Bertz CT molecular complexity index is 2790. The molecule has 10 aromatic rings. The van der Waals surface area contributed by atoms with Crippen LogP contribution in [0.5, 0.6) is 11.5 Å². The number of para-hydroxylation sites is 4. The molecule has 0 N–H and O–H groups in total. The lowest BCUT2D eigenvalue weighted by Gasteiger charge is -2.13. The number of fused-ring (bicyclic) bond motifs is 14. The maximum atomic E-state index is 6.61. The van der Waals surface area contributed by atoms with E-state index < -0.39 is 0 Å². The van der Waals surface area contributed by atoms with Crippen LogP contribution in [0, 0.1) is 0 Å². The molecule has 0 spiro atoms. The van der Waals surface area contributed by atoms with Gasteiger partial charge in [-0.25, -0.2) is 9.97 Å². The molecule has 0 aliphatic carbocycles. The van der Waals surface area contributed by atoms with Crippen LogP contribution in [-0.4, -0.2) is 18.8 Å². The quantitative estimate of drug-likeness (QED) is 0.197. The highest BCUT2D eigenvalue weighted by atomic mass is 16.5. The highest BCUT2D eigenvalue weighted by molar-refractivity contribution is 6.14. The van der Waals surface area contributed by atoms with Gasteiger partial charge in [0, 0.05) is 33.3 Å². The minimum Gasteiger partial charge on any atom is -0.457 e. The summed E-state index contributed by atoms with van der Waals surface area (Å²) in [7, 11) is 0. The lowest BCUT2D eigenvalue weighted by atomic mass is 10.1. The predicted molar refractivity (Wildman–Crippen MR) is 183 cm³/mol. The summed E-state index contributed by atoms with van der Waals surface area (Å²) in [4.78, 5) is 10.2. The third kappa shape index (κ3) is 3.55. The van der Waals surface area contributed by atoms with Gasteiger partial charge in [0.1, 0.15) is 22.8 Å². The molecular formula is C40H24N4O. The molecule has 0 atom stereocenters. The van der Waals surface area contributed by atoms with Crippen LogP contribution in [0.3, 0.4) is 0 Å². The van der Waals surface area contributed by atoms with Gasteiger partial charge in [0.15, 0.2) is 0 Å². The topological polar surface area (TPSA) is 43.8 Å². The molecular weight excluding hydrogens is 552 g/mol. The fraction of sp³-hybridized carbons (Fsp3) is 0. The summed E-state index contributed by atoms with van der Waals surface area (Å²) in [6.07, 6.45) is 2.13. The summed E-state index contributed by atoms with van der Waals surface area (Å²) in [5.41, 5.74) is 8.20. The van der Waals surface area contributed by atoms with Crippen LogP contribution in [-0.2, 0) is 0 Å². The van der Waals surface area contributed by atoms with Crippen molar-refractivity contribution in [3.05, 3.63) is 146 Å². The summed E-state index contributed by atoms with van der Waals surface area (Å²) in [6, 6.07) is 48.3. The summed E-state index contributed by atoms with van der Waals surface area (Å²) in [6.45, 7) is 0. The monoisotopic (exact) mass is 576 g/mol. The van der Waals surface area contributed by atoms with Crippen molar-refractivity contribution in [2.24, 2.45) is 0 Å². The maximum Gasteiger partial charge on any atom is 0.146 e. The molecule has 0 fully saturated rings. The minimum atomic E-state index is 0.758. The van der Waals surface area contributed by atoms with E-state index in [9.17, 15) is 0 Å². The molecule has 5 heteroatoms. The number of rotatable bonds is 3. The molecule has 0 unspecified atom stereocenters. The third-order valence-electron chi connectivity index (χ3n) is 8.92. The SMILES string of the molecule is c1ccc(-c2cn3c4ccccc4c4ccc(Oc5ccc6c7ccccc7n7c8ccccc8nc7c6c5)cc4c3n2)cc1. The first-order valence-electron chi connectivity index (χ1n) is 15.1. The number of benzene rings is 6. The van der Waals surface area contributed by atoms with Crippen molar-refractivity contribution >= 4 is 65.7 Å². The molecule has 10 rings (SSSR count). The molecule has 0 bridgehead atoms. The van der Waals surface area contributed by atoms with E-state index >= 15 is 0 Å². The Labute approximate surface area is 257 Å². The van der Waals surface area contributed by atoms with E-state index in [2.05, 4.69) is 130 Å². The number of aromatic nitrogens is 4. The molecule has 45 heavy (non-hydrogen) atoms. The number of ether oxygens (including phenoxy) is 1. The normalized spacial score (nSPS) is 12.0. The van der Waals surface area contributed by atoms with Crippen molar-refractivity contribution in [2.45, 2.75) is 0 Å². The van der Waals surface area contributed by atoms with Crippen LogP contribution in [0.4, 0.5) is 0 Å². The predicted octanol–water partition coefficient (Wildman–Crippen LogP) is 10.2. The van der Waals surface area contributed by atoms with Gasteiger partial charge in [-0.05, 0) is 71.4 Å². The van der Waals surface area contributed by atoms with E-state index in [1.807, 2.05) is 24.3 Å². The number of pyridine rings is 2. The van der Waals surface area contributed by atoms with Crippen molar-refractivity contribution in [3.8, 4) is 22.8 Å². The zero-order valence-electron chi connectivity index (χ0n) is 24.1. The molecule has 0 saturated carbocycles. The summed E-state index contributed by atoms with van der Waals surface area (Å²) < 4.78 is 11.1. The molecule has 4 heterocycles. The van der Waals surface area contributed by atoms with Gasteiger partial charge in [-0.15, -0.1) is 0 Å². The maximum absolute atomic E-state index is 6.61. The Hall–Kier alpha value is -6.20. The smallest absolute Gasteiger partial charge is 0.146 e. The Balaban J connectivity index is 1.17. The summed E-state index contributed by atoms with van der Waals surface area (Å²) in [5.74, 6) is 1.52. The molecule has 0 radical (unpaired) electrons. The van der Waals surface area contributed by atoms with Gasteiger partial charge in [-0.1, -0.05) is 78.9 Å². The Kier molecular flexibility index (Phi) is 4.93. The summed E-state index contributed by atoms with van der Waals surface area (Å²) >= 11 is 0. The van der Waals surface area contributed by atoms with Crippen LogP contribution in [0.2, 0.25) is 0 Å². The Morgan fingerprint density at radius 2 is 1.04 bits per heavy atom. The number of hydrogen-bond donors (Lipinski definition) is 0. The Morgan fingerprint density at radius 3 is 1.80 bits per heavy atom. The first-order valence-corrected chi connectivity index (χ1v) is 15.1. The lowest BCUT2D eigenvalue weighted by molar-refractivity contribution is 0.484. The van der Waals surface area contributed by atoms with Gasteiger partial charge < -0.3 is 4.74 Å². The largest absolute Gasteiger partial charge is 0.457 e. The summed E-state index contributed by atoms with van der Waals surface area (Å²) in [5, 5.41) is 6.75. The number of nitrogens with zero attached hydrogens (tertiary/aromatic N) is 4. The van der Waals surface area contributed by atoms with Crippen molar-refractivity contribution in [3.63, 3.8) is 0 Å². The van der Waals surface area contributed by atoms with E-state index in [0.29, 0.717) is 0 Å². The van der Waals surface area contributed by atoms with Gasteiger partial charge in [0.05, 0.1) is 27.8 Å². The van der Waals surface area contributed by atoms with Crippen LogP contribution in [0.15, 0.2) is 146 Å². The van der Waals surface area contributed by atoms with Gasteiger partial charge in [0.25, 0.3) is 0 Å². The molecule has 6 aromatic carbocycles. The molecule has 0 aliphatic heterocycles. The first kappa shape index (κ1) is 24.3. The van der Waals surface area contributed by atoms with E-state index in [1.165, 1.54) is 10.8 Å². The van der Waals surface area contributed by atoms with Crippen LogP contribution < -0.4 is 4.74 Å². The fourth-order valence-electron chi connectivity index (χ4n) is 6.91. The van der Waals surface area contributed by atoms with Crippen molar-refractivity contribution < 1.29 is 4.74 Å². The van der Waals surface area contributed by atoms with E-state index in [4.69, 9.17) is 14.7 Å². The van der Waals surface area contributed by atoms with E-state index in [-0.39, 0.29) is 0 Å². The molecule has 4 aromatic heterocycles. The lowest BCUT2D eigenvalue weighted by Crippen LogP contribution is -1.93. The second-order valence-electron chi connectivity index (χ2n) is 11.5. The highest BCUT2D eigenvalue weighted by Gasteiger charge is 2.16. The zero-order valence-corrected chi connectivity index (χ0v) is 24.1. The Morgan fingerprint density at radius 1 is 0.444 bits per heavy atom. The van der Waals surface area contributed by atoms with Gasteiger partial charge in [-0.3, -0.25) is 8.80 Å². The molecule has 0 aliphatic rings. The van der Waals surface area contributed by atoms with Crippen molar-refractivity contribution in [2.75, 3.05) is 0 Å². The van der Waals surface area contributed by atoms with Crippen LogP contribution >= 0.6 is 0 Å². The number of hydrogen-bond acceptors (Lipinski definition) is 3. The zero-order chi connectivity index (χ0) is 29.5. The average molecular weight is 577 g/mol. The van der Waals surface area contributed by atoms with E-state index in [1.54, 1.807) is 0 Å². The van der Waals surface area contributed by atoms with Crippen molar-refractivity contribution in [1.82, 2.24) is 18.8 Å². The first-order chi connectivity index (χ1) is 22.3. The second-order valence-corrected chi connectivity index (χ2v) is 11.5. The fourth-order valence-corrected chi connectivity index (χ4v) is 6.91. The van der Waals surface area contributed by atoms with Gasteiger partial charge in [-0.2, -0.15) is 0 Å². The molecule has 0 amide bonds. The number of imidazole rings is 2.